The Bertz CT molecular complexity index is 1230. The molecule has 2 atom stereocenters. The third-order valence-corrected chi connectivity index (χ3v) is 11.8. The SMILES string of the molecule is CC/C=C\C/C=C\C/C=C\C/C=C\C/C=C\C/C=C\C/C=C\C/C=C\CCCCCCCCCCCCCCCCCCC(=O)NC(CO)C(O)/C=C/CCCCCCCCCCC. The number of carbonyl (C=O) groups excluding carboxylic acids is 1. The summed E-state index contributed by atoms with van der Waals surface area (Å²) in [6.07, 6.45) is 82.4. The molecular weight excluding hydrogens is 783 g/mol. The topological polar surface area (TPSA) is 69.6 Å². The average molecular weight is 886 g/mol. The van der Waals surface area contributed by atoms with Crippen LogP contribution in [0, 0.1) is 0 Å². The number of carbonyl (C=O) groups is 1. The lowest BCUT2D eigenvalue weighted by Gasteiger charge is -2.20. The van der Waals surface area contributed by atoms with E-state index in [2.05, 4.69) is 116 Å². The largest absolute Gasteiger partial charge is 0.394 e. The fraction of sp³-hybridized carbons (Fsp3) is 0.683. The molecule has 0 saturated carbocycles. The summed E-state index contributed by atoms with van der Waals surface area (Å²) in [5.74, 6) is -0.0679. The van der Waals surface area contributed by atoms with Crippen LogP contribution >= 0.6 is 0 Å². The van der Waals surface area contributed by atoms with Crippen molar-refractivity contribution in [3.8, 4) is 0 Å². The van der Waals surface area contributed by atoms with Crippen LogP contribution in [-0.4, -0.2) is 34.9 Å². The molecule has 0 heterocycles. The Kier molecular flexibility index (Phi) is 51.9. The van der Waals surface area contributed by atoms with Crippen LogP contribution in [-0.2, 0) is 4.79 Å². The van der Waals surface area contributed by atoms with E-state index in [1.807, 2.05) is 6.08 Å². The van der Waals surface area contributed by atoms with E-state index in [1.54, 1.807) is 6.08 Å². The van der Waals surface area contributed by atoms with E-state index in [-0.39, 0.29) is 12.5 Å². The van der Waals surface area contributed by atoms with E-state index in [0.717, 1.165) is 77.0 Å². The maximum atomic E-state index is 12.4. The van der Waals surface area contributed by atoms with Crippen molar-refractivity contribution >= 4 is 5.91 Å². The van der Waals surface area contributed by atoms with E-state index in [4.69, 9.17) is 0 Å². The standard InChI is InChI=1S/C60H103NO3/c1-3-5-7-9-11-13-15-16-17-18-19-20-21-22-23-24-25-26-27-28-29-30-31-32-33-34-35-36-37-38-39-40-41-42-43-44-46-48-50-52-54-56-60(64)61-58(57-62)59(63)55-53-51-49-47-45-14-12-10-8-6-4-2/h5,7,11,13,16-17,19-20,22-23,25-26,28-29,31-32,53,55,58-59,62-63H,3-4,6,8-10,12,14-15,18,21,24,27,30,33-52,54,56-57H2,1-2H3,(H,61,64)/b7-5-,13-11-,17-16-,20-19-,23-22-,26-25-,29-28-,32-31-,55-53+. The first-order valence-electron chi connectivity index (χ1n) is 27.1. The molecule has 0 rings (SSSR count). The van der Waals surface area contributed by atoms with Gasteiger partial charge >= 0.3 is 0 Å². The van der Waals surface area contributed by atoms with Gasteiger partial charge in [0.15, 0.2) is 0 Å². The predicted octanol–water partition coefficient (Wildman–Crippen LogP) is 17.9. The minimum absolute atomic E-state index is 0.0679. The Morgan fingerprint density at radius 2 is 0.688 bits per heavy atom. The molecule has 2 unspecified atom stereocenters. The minimum atomic E-state index is -0.841. The smallest absolute Gasteiger partial charge is 0.220 e. The number of amides is 1. The van der Waals surface area contributed by atoms with Crippen molar-refractivity contribution in [3.05, 3.63) is 109 Å². The molecule has 0 aromatic carbocycles. The van der Waals surface area contributed by atoms with Crippen LogP contribution in [0.1, 0.15) is 245 Å². The van der Waals surface area contributed by atoms with Gasteiger partial charge in [0.05, 0.1) is 18.8 Å². The van der Waals surface area contributed by atoms with Crippen molar-refractivity contribution < 1.29 is 15.0 Å². The lowest BCUT2D eigenvalue weighted by Crippen LogP contribution is -2.45. The van der Waals surface area contributed by atoms with E-state index < -0.39 is 12.1 Å². The number of hydrogen-bond donors (Lipinski definition) is 3. The fourth-order valence-electron chi connectivity index (χ4n) is 7.66. The summed E-state index contributed by atoms with van der Waals surface area (Å²) in [5.41, 5.74) is 0. The van der Waals surface area contributed by atoms with Crippen molar-refractivity contribution in [2.24, 2.45) is 0 Å². The van der Waals surface area contributed by atoms with Crippen molar-refractivity contribution in [1.29, 1.82) is 0 Å². The number of hydrogen-bond acceptors (Lipinski definition) is 3. The Morgan fingerprint density at radius 1 is 0.391 bits per heavy atom. The van der Waals surface area contributed by atoms with Gasteiger partial charge in [-0.1, -0.05) is 264 Å². The molecule has 366 valence electrons. The highest BCUT2D eigenvalue weighted by Gasteiger charge is 2.18. The van der Waals surface area contributed by atoms with Crippen molar-refractivity contribution in [2.45, 2.75) is 257 Å². The number of allylic oxidation sites excluding steroid dienone is 17. The molecule has 1 amide bonds. The molecule has 64 heavy (non-hydrogen) atoms. The monoisotopic (exact) mass is 886 g/mol. The van der Waals surface area contributed by atoms with Gasteiger partial charge in [-0.15, -0.1) is 0 Å². The first kappa shape index (κ1) is 61.0. The third kappa shape index (κ3) is 50.1. The number of aliphatic hydroxyl groups excluding tert-OH is 2. The zero-order valence-corrected chi connectivity index (χ0v) is 42.0. The van der Waals surface area contributed by atoms with Crippen LogP contribution in [0.25, 0.3) is 0 Å². The Morgan fingerprint density at radius 3 is 1.03 bits per heavy atom. The van der Waals surface area contributed by atoms with Crippen LogP contribution in [0.4, 0.5) is 0 Å². The average Bonchev–Trinajstić information content (AvgIpc) is 3.30. The van der Waals surface area contributed by atoms with E-state index >= 15 is 0 Å². The van der Waals surface area contributed by atoms with Crippen LogP contribution in [0.5, 0.6) is 0 Å². The highest BCUT2D eigenvalue weighted by atomic mass is 16.3. The molecule has 0 aromatic heterocycles. The Balaban J connectivity index is 3.51. The zero-order chi connectivity index (χ0) is 46.3. The van der Waals surface area contributed by atoms with E-state index in [1.165, 1.54) is 148 Å². The highest BCUT2D eigenvalue weighted by molar-refractivity contribution is 5.76. The molecule has 4 nitrogen and oxygen atoms in total. The summed E-state index contributed by atoms with van der Waals surface area (Å²) in [6, 6.07) is -0.625. The van der Waals surface area contributed by atoms with E-state index in [9.17, 15) is 15.0 Å². The summed E-state index contributed by atoms with van der Waals surface area (Å²) in [7, 11) is 0. The van der Waals surface area contributed by atoms with Gasteiger partial charge in [-0.05, 0) is 83.5 Å². The normalized spacial score (nSPS) is 13.8. The van der Waals surface area contributed by atoms with Crippen LogP contribution in [0.15, 0.2) is 109 Å². The maximum absolute atomic E-state index is 12.4. The molecule has 0 spiro atoms. The maximum Gasteiger partial charge on any atom is 0.220 e. The fourth-order valence-corrected chi connectivity index (χ4v) is 7.66. The number of aliphatic hydroxyl groups is 2. The van der Waals surface area contributed by atoms with Crippen molar-refractivity contribution in [3.63, 3.8) is 0 Å². The van der Waals surface area contributed by atoms with Gasteiger partial charge in [-0.3, -0.25) is 4.79 Å². The summed E-state index contributed by atoms with van der Waals surface area (Å²) in [4.78, 5) is 12.4. The molecule has 0 aliphatic heterocycles. The predicted molar refractivity (Wildman–Crippen MR) is 285 cm³/mol. The first-order valence-corrected chi connectivity index (χ1v) is 27.1. The minimum Gasteiger partial charge on any atom is -0.394 e. The number of rotatable bonds is 48. The molecule has 3 N–H and O–H groups in total. The Labute approximate surface area is 397 Å². The van der Waals surface area contributed by atoms with Crippen LogP contribution in [0.2, 0.25) is 0 Å². The second kappa shape index (κ2) is 54.4. The second-order valence-corrected chi connectivity index (χ2v) is 17.9. The van der Waals surface area contributed by atoms with Gasteiger partial charge < -0.3 is 15.5 Å². The van der Waals surface area contributed by atoms with Crippen molar-refractivity contribution in [2.75, 3.05) is 6.61 Å². The number of unbranched alkanes of at least 4 members (excludes halogenated alkanes) is 25. The molecule has 0 saturated heterocycles. The summed E-state index contributed by atoms with van der Waals surface area (Å²) in [6.45, 7) is 4.17. The first-order chi connectivity index (χ1) is 31.7. The highest BCUT2D eigenvalue weighted by Crippen LogP contribution is 2.15. The van der Waals surface area contributed by atoms with Gasteiger partial charge in [0.1, 0.15) is 0 Å². The molecule has 0 aliphatic rings. The second-order valence-electron chi connectivity index (χ2n) is 17.9. The van der Waals surface area contributed by atoms with E-state index in [0.29, 0.717) is 6.42 Å². The quantitative estimate of drug-likeness (QED) is 0.0421. The lowest BCUT2D eigenvalue weighted by molar-refractivity contribution is -0.123. The van der Waals surface area contributed by atoms with Gasteiger partial charge in [0.2, 0.25) is 5.91 Å². The molecule has 4 heteroatoms. The molecule has 0 fully saturated rings. The molecule has 0 bridgehead atoms. The number of nitrogens with one attached hydrogen (secondary N) is 1. The van der Waals surface area contributed by atoms with Crippen LogP contribution < -0.4 is 5.32 Å². The summed E-state index contributed by atoms with van der Waals surface area (Å²) < 4.78 is 0. The molecule has 0 aromatic rings. The lowest BCUT2D eigenvalue weighted by atomic mass is 10.0. The molecule has 0 radical (unpaired) electrons. The molecular formula is C60H103NO3. The van der Waals surface area contributed by atoms with Gasteiger partial charge in [-0.2, -0.15) is 0 Å². The summed E-state index contributed by atoms with van der Waals surface area (Å²) in [5, 5.41) is 23.0. The summed E-state index contributed by atoms with van der Waals surface area (Å²) >= 11 is 0. The van der Waals surface area contributed by atoms with Crippen molar-refractivity contribution in [1.82, 2.24) is 5.32 Å². The van der Waals surface area contributed by atoms with Gasteiger partial charge in [0.25, 0.3) is 0 Å². The Hall–Kier alpha value is -2.95. The molecule has 0 aliphatic carbocycles. The van der Waals surface area contributed by atoms with Gasteiger partial charge in [-0.25, -0.2) is 0 Å². The zero-order valence-electron chi connectivity index (χ0n) is 42.0. The van der Waals surface area contributed by atoms with Gasteiger partial charge in [0, 0.05) is 6.42 Å². The van der Waals surface area contributed by atoms with Crippen LogP contribution in [0.3, 0.4) is 0 Å². The third-order valence-electron chi connectivity index (χ3n) is 11.8.